The predicted octanol–water partition coefficient (Wildman–Crippen LogP) is 4.02. The third-order valence-electron chi connectivity index (χ3n) is 3.72. The van der Waals surface area contributed by atoms with Crippen LogP contribution >= 0.6 is 11.6 Å². The normalized spacial score (nSPS) is 11.4. The van der Waals surface area contributed by atoms with Gasteiger partial charge in [-0.1, -0.05) is 18.5 Å². The van der Waals surface area contributed by atoms with Crippen LogP contribution in [0.5, 0.6) is 5.75 Å². The van der Waals surface area contributed by atoms with Crippen LogP contribution in [0.1, 0.15) is 30.6 Å². The first-order valence-corrected chi connectivity index (χ1v) is 8.89. The number of anilines is 1. The minimum atomic E-state index is -1.11. The van der Waals surface area contributed by atoms with Gasteiger partial charge in [-0.3, -0.25) is 9.59 Å². The van der Waals surface area contributed by atoms with Gasteiger partial charge in [-0.05, 0) is 49.4 Å². The Labute approximate surface area is 166 Å². The van der Waals surface area contributed by atoms with Crippen molar-refractivity contribution in [2.45, 2.75) is 26.4 Å². The second-order valence-corrected chi connectivity index (χ2v) is 6.24. The molecule has 28 heavy (non-hydrogen) atoms. The van der Waals surface area contributed by atoms with Crippen molar-refractivity contribution in [3.63, 3.8) is 0 Å². The summed E-state index contributed by atoms with van der Waals surface area (Å²) >= 11 is 5.84. The number of benzene rings is 2. The third-order valence-corrected chi connectivity index (χ3v) is 4.03. The van der Waals surface area contributed by atoms with Crippen LogP contribution in [0.4, 0.5) is 10.1 Å². The number of rotatable bonds is 8. The molecule has 8 heteroatoms. The van der Waals surface area contributed by atoms with E-state index in [0.29, 0.717) is 17.7 Å². The number of carbonyl (C=O) groups is 3. The molecule has 2 rings (SSSR count). The van der Waals surface area contributed by atoms with Gasteiger partial charge in [0.2, 0.25) is 0 Å². The molecule has 6 nitrogen and oxygen atoms in total. The van der Waals surface area contributed by atoms with Crippen molar-refractivity contribution in [3.05, 3.63) is 58.9 Å². The molecule has 2 aromatic rings. The number of hydrogen-bond donors (Lipinski definition) is 1. The molecule has 0 aliphatic heterocycles. The average Bonchev–Trinajstić information content (AvgIpc) is 2.68. The van der Waals surface area contributed by atoms with E-state index in [-0.39, 0.29) is 16.5 Å². The fraction of sp³-hybridized carbons (Fsp3) is 0.250. The second-order valence-electron chi connectivity index (χ2n) is 5.84. The molecule has 0 aliphatic rings. The van der Waals surface area contributed by atoms with Crippen LogP contribution in [0.25, 0.3) is 0 Å². The zero-order chi connectivity index (χ0) is 20.7. The number of halogens is 2. The molecule has 1 N–H and O–H groups in total. The molecule has 0 fully saturated rings. The molecule has 1 amide bonds. The van der Waals surface area contributed by atoms with Crippen molar-refractivity contribution < 1.29 is 28.2 Å². The molecule has 0 unspecified atom stereocenters. The average molecular weight is 408 g/mol. The van der Waals surface area contributed by atoms with E-state index in [2.05, 4.69) is 5.32 Å². The maximum atomic E-state index is 13.0. The van der Waals surface area contributed by atoms with Gasteiger partial charge in [-0.15, -0.1) is 0 Å². The quantitative estimate of drug-likeness (QED) is 0.528. The van der Waals surface area contributed by atoms with Gasteiger partial charge >= 0.3 is 5.97 Å². The number of ether oxygens (including phenoxy) is 2. The number of carbonyl (C=O) groups excluding carboxylic acids is 3. The smallest absolute Gasteiger partial charge is 0.344 e. The molecule has 1 atom stereocenters. The van der Waals surface area contributed by atoms with E-state index in [0.717, 1.165) is 12.1 Å². The van der Waals surface area contributed by atoms with Gasteiger partial charge in [0, 0.05) is 12.0 Å². The largest absolute Gasteiger partial charge is 0.482 e. The van der Waals surface area contributed by atoms with Crippen LogP contribution in [0.2, 0.25) is 5.02 Å². The van der Waals surface area contributed by atoms with Gasteiger partial charge in [-0.2, -0.15) is 0 Å². The number of hydrogen-bond acceptors (Lipinski definition) is 5. The Hall–Kier alpha value is -2.93. The fourth-order valence-electron chi connectivity index (χ4n) is 2.19. The van der Waals surface area contributed by atoms with Crippen molar-refractivity contribution in [1.82, 2.24) is 0 Å². The zero-order valence-corrected chi connectivity index (χ0v) is 16.1. The molecular formula is C20H19ClFNO5. The van der Waals surface area contributed by atoms with E-state index in [1.54, 1.807) is 31.2 Å². The summed E-state index contributed by atoms with van der Waals surface area (Å²) in [7, 11) is 0. The fourth-order valence-corrected chi connectivity index (χ4v) is 2.41. The summed E-state index contributed by atoms with van der Waals surface area (Å²) in [6, 6.07) is 9.86. The number of Topliss-reactive ketones (excluding diaryl/α,β-unsaturated/α-hetero) is 1. The summed E-state index contributed by atoms with van der Waals surface area (Å²) in [6.45, 7) is 2.75. The Morgan fingerprint density at radius 3 is 2.43 bits per heavy atom. The van der Waals surface area contributed by atoms with E-state index in [1.165, 1.54) is 13.0 Å². The van der Waals surface area contributed by atoms with Crippen molar-refractivity contribution in [1.29, 1.82) is 0 Å². The minimum absolute atomic E-state index is 0.00653. The van der Waals surface area contributed by atoms with Crippen molar-refractivity contribution in [2.24, 2.45) is 0 Å². The maximum absolute atomic E-state index is 13.0. The lowest BCUT2D eigenvalue weighted by atomic mass is 10.1. The summed E-state index contributed by atoms with van der Waals surface area (Å²) in [5, 5.41) is 2.48. The number of amides is 1. The van der Waals surface area contributed by atoms with Crippen LogP contribution in [0.15, 0.2) is 42.5 Å². The monoisotopic (exact) mass is 407 g/mol. The number of nitrogens with one attached hydrogen (secondary N) is 1. The summed E-state index contributed by atoms with van der Waals surface area (Å²) < 4.78 is 23.3. The van der Waals surface area contributed by atoms with E-state index < -0.39 is 30.4 Å². The van der Waals surface area contributed by atoms with Gasteiger partial charge < -0.3 is 14.8 Å². The predicted molar refractivity (Wildman–Crippen MR) is 102 cm³/mol. The first-order valence-electron chi connectivity index (χ1n) is 8.51. The summed E-state index contributed by atoms with van der Waals surface area (Å²) in [4.78, 5) is 35.5. The SMILES string of the molecule is CCC(=O)c1ccc(OCC(=O)O[C@@H](C)C(=O)Nc2ccc(F)cc2Cl)cc1. The molecule has 0 aromatic heterocycles. The number of ketones is 1. The molecule has 148 valence electrons. The standard InChI is InChI=1S/C20H19ClFNO5/c1-3-18(24)13-4-7-15(8-5-13)27-11-19(25)28-12(2)20(26)23-17-9-6-14(22)10-16(17)21/h4-10,12H,3,11H2,1-2H3,(H,23,26)/t12-/m0/s1. The Bertz CT molecular complexity index is 869. The lowest BCUT2D eigenvalue weighted by Gasteiger charge is -2.14. The Morgan fingerprint density at radius 2 is 1.82 bits per heavy atom. The Kier molecular flexibility index (Phi) is 7.52. The molecule has 0 saturated carbocycles. The van der Waals surface area contributed by atoms with E-state index in [4.69, 9.17) is 21.1 Å². The molecule has 0 bridgehead atoms. The summed E-state index contributed by atoms with van der Waals surface area (Å²) in [6.07, 6.45) is -0.711. The third kappa shape index (κ3) is 6.06. The first-order chi connectivity index (χ1) is 13.3. The van der Waals surface area contributed by atoms with Gasteiger partial charge in [-0.25, -0.2) is 9.18 Å². The second kappa shape index (κ2) is 9.85. The van der Waals surface area contributed by atoms with Crippen LogP contribution in [-0.4, -0.2) is 30.4 Å². The van der Waals surface area contributed by atoms with Crippen LogP contribution in [0, 0.1) is 5.82 Å². The molecule has 2 aromatic carbocycles. The molecule has 0 aliphatic carbocycles. The molecule has 0 radical (unpaired) electrons. The van der Waals surface area contributed by atoms with Gasteiger partial charge in [0.25, 0.3) is 5.91 Å². The van der Waals surface area contributed by atoms with Crippen LogP contribution < -0.4 is 10.1 Å². The highest BCUT2D eigenvalue weighted by atomic mass is 35.5. The maximum Gasteiger partial charge on any atom is 0.344 e. The highest BCUT2D eigenvalue weighted by Crippen LogP contribution is 2.22. The van der Waals surface area contributed by atoms with E-state index in [9.17, 15) is 18.8 Å². The highest BCUT2D eigenvalue weighted by Gasteiger charge is 2.19. The minimum Gasteiger partial charge on any atom is -0.482 e. The number of esters is 1. The molecule has 0 spiro atoms. The van der Waals surface area contributed by atoms with E-state index >= 15 is 0 Å². The summed E-state index contributed by atoms with van der Waals surface area (Å²) in [5.41, 5.74) is 0.760. The Balaban J connectivity index is 1.83. The summed E-state index contributed by atoms with van der Waals surface area (Å²) in [5.74, 6) is -1.51. The lowest BCUT2D eigenvalue weighted by molar-refractivity contribution is -0.155. The van der Waals surface area contributed by atoms with Crippen molar-refractivity contribution in [3.8, 4) is 5.75 Å². The van der Waals surface area contributed by atoms with Gasteiger partial charge in [0.1, 0.15) is 11.6 Å². The van der Waals surface area contributed by atoms with E-state index in [1.807, 2.05) is 0 Å². The van der Waals surface area contributed by atoms with Crippen LogP contribution in [0.3, 0.4) is 0 Å². The van der Waals surface area contributed by atoms with Gasteiger partial charge in [0.05, 0.1) is 10.7 Å². The molecule has 0 saturated heterocycles. The van der Waals surface area contributed by atoms with Crippen molar-refractivity contribution >= 4 is 34.9 Å². The molecular weight excluding hydrogens is 389 g/mol. The molecule has 0 heterocycles. The first kappa shape index (κ1) is 21.4. The van der Waals surface area contributed by atoms with Crippen molar-refractivity contribution in [2.75, 3.05) is 11.9 Å². The zero-order valence-electron chi connectivity index (χ0n) is 15.3. The van der Waals surface area contributed by atoms with Gasteiger partial charge in [0.15, 0.2) is 18.5 Å². The lowest BCUT2D eigenvalue weighted by Crippen LogP contribution is -2.31. The Morgan fingerprint density at radius 1 is 1.14 bits per heavy atom. The van der Waals surface area contributed by atoms with Crippen LogP contribution in [-0.2, 0) is 14.3 Å². The highest BCUT2D eigenvalue weighted by molar-refractivity contribution is 6.33. The topological polar surface area (TPSA) is 81.7 Å².